The molecule has 2 aliphatic heterocycles. The number of nitrogens with one attached hydrogen (secondary N) is 2. The van der Waals surface area contributed by atoms with Gasteiger partial charge in [0, 0.05) is 17.1 Å². The van der Waals surface area contributed by atoms with Gasteiger partial charge >= 0.3 is 12.0 Å². The van der Waals surface area contributed by atoms with E-state index >= 15 is 0 Å². The van der Waals surface area contributed by atoms with Crippen molar-refractivity contribution in [2.24, 2.45) is 0 Å². The largest absolute Gasteiger partial charge is 0.478 e. The minimum absolute atomic E-state index is 0.135. The number of anilines is 1. The number of aromatic carboxylic acids is 1. The number of imide groups is 2. The third-order valence-electron chi connectivity index (χ3n) is 4.00. The topological polar surface area (TPSA) is 116 Å². The minimum Gasteiger partial charge on any atom is -0.478 e. The highest BCUT2D eigenvalue weighted by Gasteiger charge is 2.31. The number of allylic oxidation sites excluding steroid dienone is 5. The van der Waals surface area contributed by atoms with Crippen molar-refractivity contribution in [1.29, 1.82) is 0 Å². The van der Waals surface area contributed by atoms with Crippen molar-refractivity contribution in [2.75, 3.05) is 4.90 Å². The van der Waals surface area contributed by atoms with Crippen molar-refractivity contribution in [1.82, 2.24) is 10.6 Å². The molecule has 0 bridgehead atoms. The third-order valence-corrected chi connectivity index (χ3v) is 4.00. The zero-order valence-electron chi connectivity index (χ0n) is 14.0. The molecule has 1 saturated heterocycles. The fraction of sp³-hybridized carbons (Fsp3) is 0.111. The van der Waals surface area contributed by atoms with Crippen molar-refractivity contribution in [3.05, 3.63) is 64.5 Å². The highest BCUT2D eigenvalue weighted by molar-refractivity contribution is 6.29. The summed E-state index contributed by atoms with van der Waals surface area (Å²) in [5, 5.41) is 13.1. The van der Waals surface area contributed by atoms with Gasteiger partial charge in [0.05, 0.1) is 5.56 Å². The van der Waals surface area contributed by atoms with E-state index in [-0.39, 0.29) is 11.1 Å². The summed E-state index contributed by atoms with van der Waals surface area (Å²) >= 11 is 0. The van der Waals surface area contributed by atoms with Gasteiger partial charge in [-0.15, -0.1) is 0 Å². The van der Waals surface area contributed by atoms with Crippen LogP contribution in [-0.4, -0.2) is 28.9 Å². The Morgan fingerprint density at radius 1 is 0.923 bits per heavy atom. The van der Waals surface area contributed by atoms with E-state index in [1.54, 1.807) is 38.1 Å². The Labute approximate surface area is 148 Å². The Morgan fingerprint density at radius 2 is 1.42 bits per heavy atom. The number of carbonyl (C=O) groups excluding carboxylic acids is 3. The van der Waals surface area contributed by atoms with E-state index in [2.05, 4.69) is 10.6 Å². The van der Waals surface area contributed by atoms with Crippen LogP contribution in [0, 0.1) is 0 Å². The Kier molecular flexibility index (Phi) is 4.17. The number of hydrogen-bond donors (Lipinski definition) is 3. The monoisotopic (exact) mass is 353 g/mol. The van der Waals surface area contributed by atoms with Gasteiger partial charge in [0.2, 0.25) is 0 Å². The molecule has 3 rings (SSSR count). The quantitative estimate of drug-likeness (QED) is 0.550. The van der Waals surface area contributed by atoms with Crippen LogP contribution in [0.3, 0.4) is 0 Å². The first-order valence-corrected chi connectivity index (χ1v) is 7.69. The molecule has 132 valence electrons. The lowest BCUT2D eigenvalue weighted by atomic mass is 9.99. The highest BCUT2D eigenvalue weighted by atomic mass is 16.4. The van der Waals surface area contributed by atoms with E-state index in [9.17, 15) is 19.2 Å². The van der Waals surface area contributed by atoms with Gasteiger partial charge in [-0.3, -0.25) is 20.2 Å². The summed E-state index contributed by atoms with van der Waals surface area (Å²) in [4.78, 5) is 48.0. The molecule has 0 radical (unpaired) electrons. The van der Waals surface area contributed by atoms with Gasteiger partial charge in [-0.05, 0) is 55.8 Å². The minimum atomic E-state index is -1.01. The second-order valence-electron chi connectivity index (χ2n) is 5.83. The molecule has 0 unspecified atom stereocenters. The average Bonchev–Trinajstić information content (AvgIpc) is 2.53. The van der Waals surface area contributed by atoms with Gasteiger partial charge in [0.15, 0.2) is 0 Å². The molecule has 3 N–H and O–H groups in total. The standard InChI is InChI=1S/C18H15N3O5/c1-9-7-12(14-15(22)19-18(26)20-16(14)23)8-10(2)21(9)13-5-3-11(4-6-13)17(24)25/h3-8H,1-2H3,(H,24,25)(H2,19,20,22,23,26). The van der Waals surface area contributed by atoms with E-state index in [4.69, 9.17) is 5.11 Å². The second kappa shape index (κ2) is 6.32. The second-order valence-corrected chi connectivity index (χ2v) is 5.83. The van der Waals surface area contributed by atoms with E-state index < -0.39 is 23.8 Å². The lowest BCUT2D eigenvalue weighted by Crippen LogP contribution is -2.51. The number of amides is 4. The fourth-order valence-corrected chi connectivity index (χ4v) is 2.93. The van der Waals surface area contributed by atoms with E-state index in [1.165, 1.54) is 12.1 Å². The predicted octanol–water partition coefficient (Wildman–Crippen LogP) is 1.68. The molecule has 2 aliphatic rings. The van der Waals surface area contributed by atoms with Gasteiger partial charge < -0.3 is 10.0 Å². The number of nitrogens with zero attached hydrogens (tertiary/aromatic N) is 1. The van der Waals surface area contributed by atoms with Gasteiger partial charge in [-0.2, -0.15) is 0 Å². The number of benzene rings is 1. The van der Waals surface area contributed by atoms with Crippen LogP contribution in [0.15, 0.2) is 59.0 Å². The number of barbiturate groups is 1. The molecule has 0 aromatic heterocycles. The predicted molar refractivity (Wildman–Crippen MR) is 92.1 cm³/mol. The smallest absolute Gasteiger partial charge is 0.335 e. The molecule has 0 spiro atoms. The van der Waals surface area contributed by atoms with Crippen LogP contribution in [0.1, 0.15) is 24.2 Å². The molecule has 0 saturated carbocycles. The van der Waals surface area contributed by atoms with Crippen LogP contribution in [-0.2, 0) is 9.59 Å². The lowest BCUT2D eigenvalue weighted by molar-refractivity contribution is -0.124. The van der Waals surface area contributed by atoms with Crippen LogP contribution >= 0.6 is 0 Å². The van der Waals surface area contributed by atoms with Crippen molar-refractivity contribution in [2.45, 2.75) is 13.8 Å². The number of carboxylic acid groups (broad SMARTS) is 1. The molecule has 26 heavy (non-hydrogen) atoms. The maximum absolute atomic E-state index is 12.0. The van der Waals surface area contributed by atoms with Gasteiger partial charge in [0.1, 0.15) is 5.57 Å². The summed E-state index contributed by atoms with van der Waals surface area (Å²) in [7, 11) is 0. The molecular formula is C18H15N3O5. The molecule has 0 atom stereocenters. The molecule has 0 aliphatic carbocycles. The zero-order chi connectivity index (χ0) is 19.0. The molecule has 1 aromatic rings. The van der Waals surface area contributed by atoms with Crippen molar-refractivity contribution in [3.63, 3.8) is 0 Å². The van der Waals surface area contributed by atoms with E-state index in [0.717, 1.165) is 17.1 Å². The molecule has 1 fully saturated rings. The summed E-state index contributed by atoms with van der Waals surface area (Å²) < 4.78 is 0. The van der Waals surface area contributed by atoms with Crippen molar-refractivity contribution >= 4 is 29.5 Å². The summed E-state index contributed by atoms with van der Waals surface area (Å²) in [6.45, 7) is 3.60. The first-order valence-electron chi connectivity index (χ1n) is 7.69. The van der Waals surface area contributed by atoms with Crippen LogP contribution in [0.2, 0.25) is 0 Å². The zero-order valence-corrected chi connectivity index (χ0v) is 14.0. The number of urea groups is 1. The number of carboxylic acids is 1. The highest BCUT2D eigenvalue weighted by Crippen LogP contribution is 2.31. The SMILES string of the molecule is CC1=CC(=C2C(=O)NC(=O)NC2=O)C=C(C)N1c1ccc(C(=O)O)cc1. The van der Waals surface area contributed by atoms with Crippen molar-refractivity contribution in [3.8, 4) is 0 Å². The molecule has 8 nitrogen and oxygen atoms in total. The van der Waals surface area contributed by atoms with Gasteiger partial charge in [-0.1, -0.05) is 0 Å². The molecule has 4 amide bonds. The summed E-state index contributed by atoms with van der Waals surface area (Å²) in [5.41, 5.74) is 2.64. The first kappa shape index (κ1) is 17.2. The van der Waals surface area contributed by atoms with Crippen LogP contribution in [0.25, 0.3) is 0 Å². The summed E-state index contributed by atoms with van der Waals surface area (Å²) in [5.74, 6) is -2.51. The van der Waals surface area contributed by atoms with E-state index in [1.807, 2.05) is 4.90 Å². The van der Waals surface area contributed by atoms with Crippen LogP contribution < -0.4 is 15.5 Å². The summed E-state index contributed by atoms with van der Waals surface area (Å²) in [6.07, 6.45) is 3.31. The Morgan fingerprint density at radius 3 is 1.88 bits per heavy atom. The molecule has 2 heterocycles. The molecule has 1 aromatic carbocycles. The lowest BCUT2D eigenvalue weighted by Gasteiger charge is -2.30. The van der Waals surface area contributed by atoms with Crippen LogP contribution in [0.5, 0.6) is 0 Å². The van der Waals surface area contributed by atoms with E-state index in [0.29, 0.717) is 5.57 Å². The number of carbonyl (C=O) groups is 4. The van der Waals surface area contributed by atoms with Gasteiger partial charge in [0.25, 0.3) is 11.8 Å². The number of hydrogen-bond acceptors (Lipinski definition) is 5. The van der Waals surface area contributed by atoms with Crippen LogP contribution in [0.4, 0.5) is 10.5 Å². The number of rotatable bonds is 2. The Bertz CT molecular complexity index is 894. The van der Waals surface area contributed by atoms with Crippen molar-refractivity contribution < 1.29 is 24.3 Å². The molecule has 8 heteroatoms. The third kappa shape index (κ3) is 3.00. The first-order chi connectivity index (χ1) is 12.3. The maximum Gasteiger partial charge on any atom is 0.335 e. The average molecular weight is 353 g/mol. The molecular weight excluding hydrogens is 338 g/mol. The maximum atomic E-state index is 12.0. The fourth-order valence-electron chi connectivity index (χ4n) is 2.93. The Balaban J connectivity index is 1.99. The normalized spacial score (nSPS) is 17.5. The van der Waals surface area contributed by atoms with Gasteiger partial charge in [-0.25, -0.2) is 9.59 Å². The Hall–Kier alpha value is -3.68. The summed E-state index contributed by atoms with van der Waals surface area (Å²) in [6, 6.07) is 5.51.